The first-order valence-electron chi connectivity index (χ1n) is 8.88. The average Bonchev–Trinajstić information content (AvgIpc) is 3.10. The van der Waals surface area contributed by atoms with Gasteiger partial charge in [0, 0.05) is 22.3 Å². The fourth-order valence-electron chi connectivity index (χ4n) is 2.74. The van der Waals surface area contributed by atoms with Crippen molar-refractivity contribution < 1.29 is 9.53 Å². The Bertz CT molecular complexity index is 937. The maximum atomic E-state index is 12.1. The topological polar surface area (TPSA) is 56.1 Å². The summed E-state index contributed by atoms with van der Waals surface area (Å²) >= 11 is 7.46. The standard InChI is InChI=1S/C21H22ClN3O2S/c1-14(2)24-20(26)13-28-21-23-12-19(15-4-10-18(27-3)11-5-15)25(21)17-8-6-16(22)7-9-17/h4-12,14H,13H2,1-3H3,(H,24,26). The number of halogens is 1. The first-order chi connectivity index (χ1) is 13.5. The summed E-state index contributed by atoms with van der Waals surface area (Å²) in [5, 5.41) is 4.31. The molecule has 0 unspecified atom stereocenters. The van der Waals surface area contributed by atoms with Gasteiger partial charge in [0.05, 0.1) is 24.8 Å². The Balaban J connectivity index is 1.96. The van der Waals surface area contributed by atoms with Gasteiger partial charge in [-0.3, -0.25) is 9.36 Å². The van der Waals surface area contributed by atoms with Crippen LogP contribution in [-0.2, 0) is 4.79 Å². The monoisotopic (exact) mass is 415 g/mol. The molecule has 0 bridgehead atoms. The second-order valence-electron chi connectivity index (χ2n) is 6.48. The van der Waals surface area contributed by atoms with Crippen molar-refractivity contribution in [1.29, 1.82) is 0 Å². The highest BCUT2D eigenvalue weighted by Crippen LogP contribution is 2.31. The second kappa shape index (κ2) is 9.17. The summed E-state index contributed by atoms with van der Waals surface area (Å²) in [6.07, 6.45) is 1.82. The molecule has 2 aromatic carbocycles. The molecule has 0 fully saturated rings. The number of rotatable bonds is 7. The number of nitrogens with one attached hydrogen (secondary N) is 1. The number of imidazole rings is 1. The van der Waals surface area contributed by atoms with Crippen LogP contribution in [0.25, 0.3) is 16.9 Å². The molecule has 1 N–H and O–H groups in total. The van der Waals surface area contributed by atoms with Gasteiger partial charge in [0.15, 0.2) is 5.16 Å². The second-order valence-corrected chi connectivity index (χ2v) is 7.86. The zero-order chi connectivity index (χ0) is 20.1. The van der Waals surface area contributed by atoms with Gasteiger partial charge in [0.2, 0.25) is 5.91 Å². The van der Waals surface area contributed by atoms with Gasteiger partial charge in [0.25, 0.3) is 0 Å². The number of hydrogen-bond donors (Lipinski definition) is 1. The van der Waals surface area contributed by atoms with Crippen molar-refractivity contribution in [2.24, 2.45) is 0 Å². The highest BCUT2D eigenvalue weighted by Gasteiger charge is 2.16. The van der Waals surface area contributed by atoms with Crippen molar-refractivity contribution in [3.63, 3.8) is 0 Å². The predicted octanol–water partition coefficient (Wildman–Crippen LogP) is 4.82. The lowest BCUT2D eigenvalue weighted by Crippen LogP contribution is -2.31. The molecule has 5 nitrogen and oxygen atoms in total. The Hall–Kier alpha value is -2.44. The lowest BCUT2D eigenvalue weighted by molar-refractivity contribution is -0.119. The molecule has 1 heterocycles. The molecule has 28 heavy (non-hydrogen) atoms. The van der Waals surface area contributed by atoms with E-state index in [0.29, 0.717) is 10.8 Å². The number of thioether (sulfide) groups is 1. The number of nitrogens with zero attached hydrogens (tertiary/aromatic N) is 2. The third-order valence-electron chi connectivity index (χ3n) is 3.98. The van der Waals surface area contributed by atoms with Gasteiger partial charge in [-0.15, -0.1) is 0 Å². The van der Waals surface area contributed by atoms with Gasteiger partial charge < -0.3 is 10.1 Å². The predicted molar refractivity (Wildman–Crippen MR) is 115 cm³/mol. The van der Waals surface area contributed by atoms with E-state index in [1.807, 2.05) is 73.1 Å². The molecule has 7 heteroatoms. The van der Waals surface area contributed by atoms with Crippen molar-refractivity contribution in [3.05, 3.63) is 59.8 Å². The summed E-state index contributed by atoms with van der Waals surface area (Å²) in [6.45, 7) is 3.89. The van der Waals surface area contributed by atoms with E-state index < -0.39 is 0 Å². The van der Waals surface area contributed by atoms with Crippen LogP contribution in [0.3, 0.4) is 0 Å². The number of ether oxygens (including phenoxy) is 1. The van der Waals surface area contributed by atoms with Crippen LogP contribution in [0, 0.1) is 0 Å². The van der Waals surface area contributed by atoms with Crippen LogP contribution in [0.2, 0.25) is 5.02 Å². The molecule has 0 atom stereocenters. The van der Waals surface area contributed by atoms with Crippen LogP contribution in [0.4, 0.5) is 0 Å². The first kappa shape index (κ1) is 20.3. The van der Waals surface area contributed by atoms with Gasteiger partial charge in [-0.2, -0.15) is 0 Å². The molecule has 1 aromatic heterocycles. The minimum absolute atomic E-state index is 0.0170. The normalized spacial score (nSPS) is 10.9. The molecule has 0 aliphatic heterocycles. The molecule has 0 saturated carbocycles. The lowest BCUT2D eigenvalue weighted by atomic mass is 10.1. The molecule has 0 aliphatic rings. The molecular weight excluding hydrogens is 394 g/mol. The minimum Gasteiger partial charge on any atom is -0.497 e. The van der Waals surface area contributed by atoms with Crippen LogP contribution in [0.15, 0.2) is 59.9 Å². The van der Waals surface area contributed by atoms with E-state index in [1.54, 1.807) is 7.11 Å². The fraction of sp³-hybridized carbons (Fsp3) is 0.238. The Kier molecular flexibility index (Phi) is 6.65. The quantitative estimate of drug-likeness (QED) is 0.562. The third-order valence-corrected chi connectivity index (χ3v) is 5.19. The SMILES string of the molecule is COc1ccc(-c2cnc(SCC(=O)NC(C)C)n2-c2ccc(Cl)cc2)cc1. The molecule has 3 rings (SSSR count). The number of carbonyl (C=O) groups excluding carboxylic acids is 1. The zero-order valence-electron chi connectivity index (χ0n) is 16.0. The largest absolute Gasteiger partial charge is 0.497 e. The van der Waals surface area contributed by atoms with Crippen molar-refractivity contribution in [2.75, 3.05) is 12.9 Å². The van der Waals surface area contributed by atoms with Crippen LogP contribution in [0.1, 0.15) is 13.8 Å². The van der Waals surface area contributed by atoms with E-state index in [4.69, 9.17) is 16.3 Å². The summed E-state index contributed by atoms with van der Waals surface area (Å²) < 4.78 is 7.28. The molecule has 146 valence electrons. The van der Waals surface area contributed by atoms with E-state index >= 15 is 0 Å². The molecule has 1 amide bonds. The number of carbonyl (C=O) groups is 1. The first-order valence-corrected chi connectivity index (χ1v) is 10.2. The van der Waals surface area contributed by atoms with Crippen LogP contribution < -0.4 is 10.1 Å². The van der Waals surface area contributed by atoms with Crippen molar-refractivity contribution in [2.45, 2.75) is 25.0 Å². The number of methoxy groups -OCH3 is 1. The maximum absolute atomic E-state index is 12.1. The number of amides is 1. The third kappa shape index (κ3) is 4.88. The Morgan fingerprint density at radius 2 is 1.86 bits per heavy atom. The summed E-state index contributed by atoms with van der Waals surface area (Å²) in [4.78, 5) is 16.6. The van der Waals surface area contributed by atoms with E-state index in [0.717, 1.165) is 27.9 Å². The van der Waals surface area contributed by atoms with Crippen molar-refractivity contribution in [3.8, 4) is 22.7 Å². The van der Waals surface area contributed by atoms with Crippen molar-refractivity contribution in [1.82, 2.24) is 14.9 Å². The van der Waals surface area contributed by atoms with Crippen LogP contribution >= 0.6 is 23.4 Å². The summed E-state index contributed by atoms with van der Waals surface area (Å²) in [7, 11) is 1.64. The van der Waals surface area contributed by atoms with Gasteiger partial charge in [-0.05, 0) is 62.4 Å². The molecule has 0 aliphatic carbocycles. The molecule has 0 spiro atoms. The van der Waals surface area contributed by atoms with Crippen LogP contribution in [0.5, 0.6) is 5.75 Å². The molecular formula is C21H22ClN3O2S. The van der Waals surface area contributed by atoms with E-state index in [9.17, 15) is 4.79 Å². The lowest BCUT2D eigenvalue weighted by Gasteiger charge is -2.13. The highest BCUT2D eigenvalue weighted by atomic mass is 35.5. The van der Waals surface area contributed by atoms with Crippen LogP contribution in [-0.4, -0.2) is 34.4 Å². The molecule has 0 saturated heterocycles. The Labute approximate surface area is 174 Å². The average molecular weight is 416 g/mol. The number of aromatic nitrogens is 2. The molecule has 0 radical (unpaired) electrons. The summed E-state index contributed by atoms with van der Waals surface area (Å²) in [6, 6.07) is 15.5. The number of hydrogen-bond acceptors (Lipinski definition) is 4. The Morgan fingerprint density at radius 1 is 1.18 bits per heavy atom. The van der Waals surface area contributed by atoms with E-state index in [1.165, 1.54) is 11.8 Å². The van der Waals surface area contributed by atoms with E-state index in [-0.39, 0.29) is 11.9 Å². The van der Waals surface area contributed by atoms with Gasteiger partial charge in [0.1, 0.15) is 5.75 Å². The van der Waals surface area contributed by atoms with Gasteiger partial charge in [-0.1, -0.05) is 23.4 Å². The zero-order valence-corrected chi connectivity index (χ0v) is 17.6. The minimum atomic E-state index is -0.0170. The summed E-state index contributed by atoms with van der Waals surface area (Å²) in [5.41, 5.74) is 2.86. The summed E-state index contributed by atoms with van der Waals surface area (Å²) in [5.74, 6) is 1.07. The molecule has 3 aromatic rings. The maximum Gasteiger partial charge on any atom is 0.230 e. The Morgan fingerprint density at radius 3 is 2.46 bits per heavy atom. The fourth-order valence-corrected chi connectivity index (χ4v) is 3.67. The smallest absolute Gasteiger partial charge is 0.230 e. The van der Waals surface area contributed by atoms with E-state index in [2.05, 4.69) is 10.3 Å². The highest BCUT2D eigenvalue weighted by molar-refractivity contribution is 7.99. The van der Waals surface area contributed by atoms with Gasteiger partial charge >= 0.3 is 0 Å². The number of benzene rings is 2. The van der Waals surface area contributed by atoms with Gasteiger partial charge in [-0.25, -0.2) is 4.98 Å². The van der Waals surface area contributed by atoms with Crippen molar-refractivity contribution >= 4 is 29.3 Å².